The van der Waals surface area contributed by atoms with Crippen molar-refractivity contribution in [1.29, 1.82) is 0 Å². The zero-order valence-corrected chi connectivity index (χ0v) is 11.5. The number of rotatable bonds is 6. The number of hydrogen-bond donors (Lipinski definition) is 1. The van der Waals surface area contributed by atoms with Crippen molar-refractivity contribution >= 4 is 0 Å². The SMILES string of the molecule is CCC(N)C(c1ccco1)N(C)Cc1cccnc1. The molecule has 0 aliphatic rings. The molecular weight excluding hydrogens is 238 g/mol. The van der Waals surface area contributed by atoms with Crippen molar-refractivity contribution in [3.63, 3.8) is 0 Å². The number of pyridine rings is 1. The fourth-order valence-corrected chi connectivity index (χ4v) is 2.32. The fourth-order valence-electron chi connectivity index (χ4n) is 2.32. The molecule has 0 aliphatic carbocycles. The van der Waals surface area contributed by atoms with Crippen molar-refractivity contribution in [2.24, 2.45) is 5.73 Å². The Morgan fingerprint density at radius 3 is 2.79 bits per heavy atom. The largest absolute Gasteiger partial charge is 0.468 e. The Morgan fingerprint density at radius 2 is 2.21 bits per heavy atom. The van der Waals surface area contributed by atoms with Gasteiger partial charge in [0.05, 0.1) is 12.3 Å². The van der Waals surface area contributed by atoms with E-state index in [9.17, 15) is 0 Å². The molecule has 0 amide bonds. The van der Waals surface area contributed by atoms with Gasteiger partial charge < -0.3 is 10.2 Å². The summed E-state index contributed by atoms with van der Waals surface area (Å²) in [6.45, 7) is 2.89. The smallest absolute Gasteiger partial charge is 0.122 e. The van der Waals surface area contributed by atoms with Crippen LogP contribution in [0.3, 0.4) is 0 Å². The van der Waals surface area contributed by atoms with Gasteiger partial charge in [0, 0.05) is 25.0 Å². The summed E-state index contributed by atoms with van der Waals surface area (Å²) in [5.41, 5.74) is 7.42. The Balaban J connectivity index is 2.14. The molecule has 102 valence electrons. The van der Waals surface area contributed by atoms with Crippen molar-refractivity contribution in [3.8, 4) is 0 Å². The highest BCUT2D eigenvalue weighted by Gasteiger charge is 2.25. The summed E-state index contributed by atoms with van der Waals surface area (Å²) in [4.78, 5) is 6.36. The van der Waals surface area contributed by atoms with Crippen LogP contribution in [0.4, 0.5) is 0 Å². The van der Waals surface area contributed by atoms with E-state index in [0.717, 1.165) is 18.7 Å². The van der Waals surface area contributed by atoms with Crippen molar-refractivity contribution in [2.45, 2.75) is 32.0 Å². The molecule has 0 saturated heterocycles. The third-order valence-corrected chi connectivity index (χ3v) is 3.34. The van der Waals surface area contributed by atoms with Crippen LogP contribution in [0.15, 0.2) is 47.3 Å². The van der Waals surface area contributed by atoms with E-state index in [2.05, 4.69) is 29.9 Å². The van der Waals surface area contributed by atoms with Gasteiger partial charge in [-0.25, -0.2) is 0 Å². The quantitative estimate of drug-likeness (QED) is 0.866. The van der Waals surface area contributed by atoms with Gasteiger partial charge >= 0.3 is 0 Å². The first-order valence-corrected chi connectivity index (χ1v) is 6.60. The number of likely N-dealkylation sites (N-methyl/N-ethyl adjacent to an activating group) is 1. The molecule has 0 fully saturated rings. The average molecular weight is 259 g/mol. The van der Waals surface area contributed by atoms with E-state index in [-0.39, 0.29) is 12.1 Å². The standard InChI is InChI=1S/C15H21N3O/c1-3-13(16)15(14-7-5-9-19-14)18(2)11-12-6-4-8-17-10-12/h4-10,13,15H,3,11,16H2,1-2H3. The summed E-state index contributed by atoms with van der Waals surface area (Å²) in [6, 6.07) is 8.04. The van der Waals surface area contributed by atoms with Gasteiger partial charge in [-0.3, -0.25) is 9.88 Å². The van der Waals surface area contributed by atoms with Crippen molar-refractivity contribution in [3.05, 3.63) is 54.2 Å². The number of nitrogens with two attached hydrogens (primary N) is 1. The first-order valence-electron chi connectivity index (χ1n) is 6.60. The third kappa shape index (κ3) is 3.43. The van der Waals surface area contributed by atoms with Gasteiger partial charge in [0.1, 0.15) is 5.76 Å². The van der Waals surface area contributed by atoms with Crippen LogP contribution in [-0.4, -0.2) is 23.0 Å². The highest BCUT2D eigenvalue weighted by atomic mass is 16.3. The maximum Gasteiger partial charge on any atom is 0.122 e. The van der Waals surface area contributed by atoms with E-state index in [0.29, 0.717) is 0 Å². The van der Waals surface area contributed by atoms with Crippen molar-refractivity contribution in [1.82, 2.24) is 9.88 Å². The monoisotopic (exact) mass is 259 g/mol. The highest BCUT2D eigenvalue weighted by Crippen LogP contribution is 2.25. The lowest BCUT2D eigenvalue weighted by Gasteiger charge is -2.30. The second-order valence-electron chi connectivity index (χ2n) is 4.81. The Kier molecular flexibility index (Phi) is 4.71. The summed E-state index contributed by atoms with van der Waals surface area (Å²) in [7, 11) is 2.07. The van der Waals surface area contributed by atoms with E-state index >= 15 is 0 Å². The first-order chi connectivity index (χ1) is 9.22. The fraction of sp³-hybridized carbons (Fsp3) is 0.400. The molecule has 2 unspecified atom stereocenters. The van der Waals surface area contributed by atoms with E-state index in [1.54, 1.807) is 12.5 Å². The molecule has 0 aromatic carbocycles. The minimum atomic E-state index is 0.0489. The molecular formula is C15H21N3O. The highest BCUT2D eigenvalue weighted by molar-refractivity contribution is 5.11. The van der Waals surface area contributed by atoms with Gasteiger partial charge in [-0.05, 0) is 37.2 Å². The molecule has 2 aromatic rings. The minimum absolute atomic E-state index is 0.0489. The van der Waals surface area contributed by atoms with Gasteiger partial charge in [0.2, 0.25) is 0 Å². The predicted octanol–water partition coefficient (Wildman–Crippen LogP) is 2.59. The number of aromatic nitrogens is 1. The van der Waals surface area contributed by atoms with Gasteiger partial charge in [-0.1, -0.05) is 13.0 Å². The van der Waals surface area contributed by atoms with Crippen LogP contribution in [0.25, 0.3) is 0 Å². The summed E-state index contributed by atoms with van der Waals surface area (Å²) in [5.74, 6) is 0.917. The normalized spacial score (nSPS) is 14.5. The van der Waals surface area contributed by atoms with Crippen LogP contribution in [0.1, 0.15) is 30.7 Å². The van der Waals surface area contributed by atoms with Crippen LogP contribution in [0.5, 0.6) is 0 Å². The maximum atomic E-state index is 6.25. The molecule has 2 rings (SSSR count). The van der Waals surface area contributed by atoms with Crippen LogP contribution in [-0.2, 0) is 6.54 Å². The van der Waals surface area contributed by atoms with E-state index in [1.165, 1.54) is 5.56 Å². The molecule has 4 nitrogen and oxygen atoms in total. The lowest BCUT2D eigenvalue weighted by Crippen LogP contribution is -2.38. The van der Waals surface area contributed by atoms with E-state index < -0.39 is 0 Å². The Morgan fingerprint density at radius 1 is 1.37 bits per heavy atom. The number of hydrogen-bond acceptors (Lipinski definition) is 4. The number of nitrogens with zero attached hydrogens (tertiary/aromatic N) is 2. The molecule has 0 saturated carbocycles. The van der Waals surface area contributed by atoms with Crippen LogP contribution in [0, 0.1) is 0 Å². The van der Waals surface area contributed by atoms with E-state index in [1.807, 2.05) is 24.4 Å². The lowest BCUT2D eigenvalue weighted by atomic mass is 10.0. The molecule has 0 aliphatic heterocycles. The molecule has 0 spiro atoms. The third-order valence-electron chi connectivity index (χ3n) is 3.34. The molecule has 2 N–H and O–H groups in total. The zero-order valence-electron chi connectivity index (χ0n) is 11.5. The topological polar surface area (TPSA) is 55.3 Å². The number of furan rings is 1. The summed E-state index contributed by atoms with van der Waals surface area (Å²) in [6.07, 6.45) is 6.27. The van der Waals surface area contributed by atoms with Crippen LogP contribution < -0.4 is 5.73 Å². The van der Waals surface area contributed by atoms with Gasteiger partial charge in [-0.15, -0.1) is 0 Å². The van der Waals surface area contributed by atoms with Gasteiger partial charge in [-0.2, -0.15) is 0 Å². The summed E-state index contributed by atoms with van der Waals surface area (Å²) < 4.78 is 5.54. The van der Waals surface area contributed by atoms with Crippen LogP contribution in [0.2, 0.25) is 0 Å². The Labute approximate surface area is 114 Å². The maximum absolute atomic E-state index is 6.25. The Hall–Kier alpha value is -1.65. The molecule has 2 atom stereocenters. The van der Waals surface area contributed by atoms with E-state index in [4.69, 9.17) is 10.2 Å². The van der Waals surface area contributed by atoms with Crippen LogP contribution >= 0.6 is 0 Å². The Bertz CT molecular complexity index is 469. The second-order valence-corrected chi connectivity index (χ2v) is 4.81. The average Bonchev–Trinajstić information content (AvgIpc) is 2.93. The lowest BCUT2D eigenvalue weighted by molar-refractivity contribution is 0.175. The molecule has 0 radical (unpaired) electrons. The van der Waals surface area contributed by atoms with Crippen molar-refractivity contribution < 1.29 is 4.42 Å². The molecule has 19 heavy (non-hydrogen) atoms. The zero-order chi connectivity index (χ0) is 13.7. The van der Waals surface area contributed by atoms with Crippen molar-refractivity contribution in [2.75, 3.05) is 7.05 Å². The minimum Gasteiger partial charge on any atom is -0.468 e. The van der Waals surface area contributed by atoms with Gasteiger partial charge in [0.15, 0.2) is 0 Å². The predicted molar refractivity (Wildman–Crippen MR) is 75.4 cm³/mol. The molecule has 0 bridgehead atoms. The first kappa shape index (κ1) is 13.8. The summed E-state index contributed by atoms with van der Waals surface area (Å²) >= 11 is 0. The molecule has 2 heterocycles. The second kappa shape index (κ2) is 6.50. The summed E-state index contributed by atoms with van der Waals surface area (Å²) in [5, 5.41) is 0. The van der Waals surface area contributed by atoms with Gasteiger partial charge in [0.25, 0.3) is 0 Å². The molecule has 4 heteroatoms. The molecule has 2 aromatic heterocycles.